The lowest BCUT2D eigenvalue weighted by atomic mass is 9.86. The molecule has 0 fully saturated rings. The van der Waals surface area contributed by atoms with Crippen LogP contribution in [-0.4, -0.2) is 28.5 Å². The van der Waals surface area contributed by atoms with Gasteiger partial charge >= 0.3 is 0 Å². The van der Waals surface area contributed by atoms with Crippen molar-refractivity contribution in [2.24, 2.45) is 10.9 Å². The zero-order valence-electron chi connectivity index (χ0n) is 25.9. The number of phenols is 1. The number of anilines is 1. The highest BCUT2D eigenvalue weighted by molar-refractivity contribution is 6.12. The van der Waals surface area contributed by atoms with Gasteiger partial charge in [-0.2, -0.15) is 0 Å². The average molecular weight is 550 g/mol. The molecule has 0 spiro atoms. The number of phenolic OH excluding ortho intramolecular Hbond substituents is 1. The van der Waals surface area contributed by atoms with Crippen LogP contribution >= 0.6 is 0 Å². The molecule has 0 amide bonds. The van der Waals surface area contributed by atoms with E-state index in [1.54, 1.807) is 0 Å². The molecule has 1 aliphatic rings. The minimum atomic E-state index is -0.0726. The van der Waals surface area contributed by atoms with Gasteiger partial charge in [-0.25, -0.2) is 4.98 Å². The minimum Gasteiger partial charge on any atom is -0.506 e. The van der Waals surface area contributed by atoms with Crippen LogP contribution in [0.15, 0.2) is 65.7 Å². The summed E-state index contributed by atoms with van der Waals surface area (Å²) in [7, 11) is 0. The van der Waals surface area contributed by atoms with Gasteiger partial charge in [0, 0.05) is 29.2 Å². The van der Waals surface area contributed by atoms with E-state index in [1.165, 1.54) is 22.4 Å². The summed E-state index contributed by atoms with van der Waals surface area (Å²) in [6.45, 7) is 20.5. The van der Waals surface area contributed by atoms with E-state index in [0.29, 0.717) is 29.0 Å². The van der Waals surface area contributed by atoms with Crippen molar-refractivity contribution < 1.29 is 9.84 Å². The molecular weight excluding hydrogens is 506 g/mol. The number of pyridine rings is 1. The fourth-order valence-electron chi connectivity index (χ4n) is 5.51. The van der Waals surface area contributed by atoms with Crippen LogP contribution in [0.2, 0.25) is 0 Å². The van der Waals surface area contributed by atoms with E-state index < -0.39 is 0 Å². The Morgan fingerprint density at radius 2 is 1.63 bits per heavy atom. The fourth-order valence-corrected chi connectivity index (χ4v) is 5.51. The Morgan fingerprint density at radius 1 is 0.927 bits per heavy atom. The van der Waals surface area contributed by atoms with Gasteiger partial charge < -0.3 is 14.7 Å². The first-order chi connectivity index (χ1) is 19.3. The van der Waals surface area contributed by atoms with Gasteiger partial charge in [0.1, 0.15) is 22.9 Å². The molecule has 5 heteroatoms. The Labute approximate surface area is 244 Å². The molecule has 5 rings (SSSR count). The van der Waals surface area contributed by atoms with Crippen molar-refractivity contribution in [2.45, 2.75) is 79.7 Å². The average Bonchev–Trinajstić information content (AvgIpc) is 3.33. The number of benzene rings is 3. The number of hydrogen-bond acceptors (Lipinski definition) is 5. The highest BCUT2D eigenvalue weighted by atomic mass is 16.5. The molecule has 0 radical (unpaired) electrons. The van der Waals surface area contributed by atoms with Gasteiger partial charge in [-0.15, -0.1) is 0 Å². The van der Waals surface area contributed by atoms with Gasteiger partial charge in [-0.05, 0) is 89.8 Å². The van der Waals surface area contributed by atoms with Crippen LogP contribution in [0.5, 0.6) is 17.4 Å². The molecule has 0 aliphatic carbocycles. The molecule has 0 saturated heterocycles. The van der Waals surface area contributed by atoms with Gasteiger partial charge in [0.15, 0.2) is 0 Å². The standard InChI is InChI=1S/C36H43N3O2/c1-21(2)26-15-27(35-37-30(22(3)4)20-39(35)34-23(5)11-10-12-24(34)6)18-29(17-26)41-32-14-13-25-16-28(36(7,8)9)19-31(40)33(25)38-32/h10-19,21-22,30,40H,20H2,1-9H3/t30-/m1/s1. The molecule has 3 aromatic carbocycles. The molecule has 4 aromatic rings. The molecule has 0 unspecified atom stereocenters. The maximum Gasteiger partial charge on any atom is 0.219 e. The van der Waals surface area contributed by atoms with E-state index in [2.05, 4.69) is 110 Å². The van der Waals surface area contributed by atoms with Crippen LogP contribution < -0.4 is 9.64 Å². The van der Waals surface area contributed by atoms with Crippen molar-refractivity contribution in [2.75, 3.05) is 11.4 Å². The molecule has 214 valence electrons. The summed E-state index contributed by atoms with van der Waals surface area (Å²) < 4.78 is 6.40. The van der Waals surface area contributed by atoms with E-state index >= 15 is 0 Å². The number of fused-ring (bicyclic) bond motifs is 1. The second-order valence-corrected chi connectivity index (χ2v) is 13.1. The largest absolute Gasteiger partial charge is 0.506 e. The molecule has 1 aliphatic heterocycles. The summed E-state index contributed by atoms with van der Waals surface area (Å²) in [5.74, 6) is 3.03. The number of aliphatic imine (C=N–C) groups is 1. The lowest BCUT2D eigenvalue weighted by molar-refractivity contribution is 0.458. The number of aryl methyl sites for hydroxylation is 2. The van der Waals surface area contributed by atoms with Crippen LogP contribution in [0.3, 0.4) is 0 Å². The predicted octanol–water partition coefficient (Wildman–Crippen LogP) is 9.06. The Kier molecular flexibility index (Phi) is 7.58. The summed E-state index contributed by atoms with van der Waals surface area (Å²) in [6.07, 6.45) is 0. The normalized spacial score (nSPS) is 15.7. The van der Waals surface area contributed by atoms with Crippen molar-refractivity contribution in [3.8, 4) is 17.4 Å². The Balaban J connectivity index is 1.57. The van der Waals surface area contributed by atoms with Crippen molar-refractivity contribution in [3.63, 3.8) is 0 Å². The van der Waals surface area contributed by atoms with Gasteiger partial charge in [-0.1, -0.05) is 66.7 Å². The Bertz CT molecular complexity index is 1610. The van der Waals surface area contributed by atoms with Crippen molar-refractivity contribution in [1.82, 2.24) is 4.98 Å². The summed E-state index contributed by atoms with van der Waals surface area (Å²) in [4.78, 5) is 12.4. The summed E-state index contributed by atoms with van der Waals surface area (Å²) in [5, 5.41) is 11.7. The highest BCUT2D eigenvalue weighted by Crippen LogP contribution is 2.36. The highest BCUT2D eigenvalue weighted by Gasteiger charge is 2.31. The van der Waals surface area contributed by atoms with E-state index in [1.807, 2.05) is 18.2 Å². The van der Waals surface area contributed by atoms with Gasteiger partial charge in [0.2, 0.25) is 5.88 Å². The molecule has 0 saturated carbocycles. The van der Waals surface area contributed by atoms with E-state index in [4.69, 9.17) is 14.7 Å². The predicted molar refractivity (Wildman–Crippen MR) is 171 cm³/mol. The fraction of sp³-hybridized carbons (Fsp3) is 0.389. The molecule has 1 atom stereocenters. The van der Waals surface area contributed by atoms with Crippen LogP contribution in [0.1, 0.15) is 82.2 Å². The Morgan fingerprint density at radius 3 is 2.27 bits per heavy atom. The van der Waals surface area contributed by atoms with Gasteiger partial charge in [0.25, 0.3) is 0 Å². The van der Waals surface area contributed by atoms with E-state index in [-0.39, 0.29) is 17.2 Å². The number of amidine groups is 1. The molecule has 2 heterocycles. The van der Waals surface area contributed by atoms with Crippen LogP contribution in [0, 0.1) is 19.8 Å². The number of rotatable bonds is 6. The maximum atomic E-state index is 10.8. The molecule has 1 N–H and O–H groups in total. The van der Waals surface area contributed by atoms with E-state index in [0.717, 1.165) is 28.9 Å². The SMILES string of the molecule is Cc1cccc(C)c1N1C[C@H](C(C)C)N=C1c1cc(Oc2ccc3cc(C(C)(C)C)cc(O)c3n2)cc(C(C)C)c1. The number of aromatic nitrogens is 1. The number of para-hydroxylation sites is 1. The first kappa shape index (κ1) is 28.7. The second kappa shape index (κ2) is 10.8. The number of nitrogens with zero attached hydrogens (tertiary/aromatic N) is 3. The third-order valence-electron chi connectivity index (χ3n) is 8.08. The number of aromatic hydroxyl groups is 1. The van der Waals surface area contributed by atoms with Crippen LogP contribution in [-0.2, 0) is 5.41 Å². The number of ether oxygens (including phenoxy) is 1. The molecule has 1 aromatic heterocycles. The number of hydrogen-bond donors (Lipinski definition) is 1. The van der Waals surface area contributed by atoms with Crippen molar-refractivity contribution in [1.29, 1.82) is 0 Å². The molecule has 0 bridgehead atoms. The summed E-state index contributed by atoms with van der Waals surface area (Å²) >= 11 is 0. The maximum absolute atomic E-state index is 10.8. The minimum absolute atomic E-state index is 0.0726. The quantitative estimate of drug-likeness (QED) is 0.261. The molecular formula is C36H43N3O2. The van der Waals surface area contributed by atoms with E-state index in [9.17, 15) is 5.11 Å². The lowest BCUT2D eigenvalue weighted by Gasteiger charge is -2.26. The topological polar surface area (TPSA) is 58.0 Å². The second-order valence-electron chi connectivity index (χ2n) is 13.1. The first-order valence-corrected chi connectivity index (χ1v) is 14.7. The lowest BCUT2D eigenvalue weighted by Crippen LogP contribution is -2.32. The molecule has 5 nitrogen and oxygen atoms in total. The smallest absolute Gasteiger partial charge is 0.219 e. The van der Waals surface area contributed by atoms with Crippen LogP contribution in [0.25, 0.3) is 10.9 Å². The van der Waals surface area contributed by atoms with Crippen LogP contribution in [0.4, 0.5) is 5.69 Å². The summed E-state index contributed by atoms with van der Waals surface area (Å²) in [6, 6.07) is 20.8. The Hall–Kier alpha value is -3.86. The monoisotopic (exact) mass is 549 g/mol. The van der Waals surface area contributed by atoms with Gasteiger partial charge in [0.05, 0.1) is 6.04 Å². The third-order valence-corrected chi connectivity index (χ3v) is 8.08. The van der Waals surface area contributed by atoms with Crippen molar-refractivity contribution in [3.05, 3.63) is 88.5 Å². The first-order valence-electron chi connectivity index (χ1n) is 14.7. The molecule has 41 heavy (non-hydrogen) atoms. The van der Waals surface area contributed by atoms with Gasteiger partial charge in [-0.3, -0.25) is 4.99 Å². The zero-order valence-corrected chi connectivity index (χ0v) is 25.9. The summed E-state index contributed by atoms with van der Waals surface area (Å²) in [5.41, 5.74) is 7.46. The zero-order chi connectivity index (χ0) is 29.6. The van der Waals surface area contributed by atoms with Crippen molar-refractivity contribution >= 4 is 22.4 Å². The third kappa shape index (κ3) is 5.81.